The average molecular weight is 514 g/mol. The maximum Gasteiger partial charge on any atom is 0.256 e. The van der Waals surface area contributed by atoms with Gasteiger partial charge in [0, 0.05) is 49.7 Å². The summed E-state index contributed by atoms with van der Waals surface area (Å²) in [6.07, 6.45) is 2.62. The number of aryl methyl sites for hydroxylation is 1. The molecule has 9 nitrogen and oxygen atoms in total. The highest BCUT2D eigenvalue weighted by atomic mass is 35.5. The molecule has 2 fully saturated rings. The molecule has 0 bridgehead atoms. The van der Waals surface area contributed by atoms with Gasteiger partial charge in [-0.2, -0.15) is 10.1 Å². The van der Waals surface area contributed by atoms with E-state index in [1.165, 1.54) is 12.1 Å². The van der Waals surface area contributed by atoms with Crippen LogP contribution in [0.2, 0.25) is 5.02 Å². The normalized spacial score (nSPS) is 18.6. The van der Waals surface area contributed by atoms with E-state index in [9.17, 15) is 14.3 Å². The summed E-state index contributed by atoms with van der Waals surface area (Å²) in [7, 11) is 0. The first-order chi connectivity index (χ1) is 17.4. The summed E-state index contributed by atoms with van der Waals surface area (Å²) in [5.74, 6) is 1.23. The van der Waals surface area contributed by atoms with Crippen LogP contribution in [0.15, 0.2) is 30.3 Å². The molecule has 1 atom stereocenters. The van der Waals surface area contributed by atoms with Gasteiger partial charge in [0.1, 0.15) is 5.82 Å². The number of aliphatic hydroxyl groups excluding tert-OH is 1. The van der Waals surface area contributed by atoms with Crippen LogP contribution in [-0.2, 0) is 6.42 Å². The lowest BCUT2D eigenvalue weighted by Gasteiger charge is -2.32. The molecule has 2 saturated heterocycles. The van der Waals surface area contributed by atoms with Gasteiger partial charge in [-0.05, 0) is 50.7 Å². The number of likely N-dealkylation sites (tertiary alicyclic amines) is 1. The number of anilines is 3. The van der Waals surface area contributed by atoms with Gasteiger partial charge in [0.2, 0.25) is 5.95 Å². The molecule has 36 heavy (non-hydrogen) atoms. The number of nitrogens with zero attached hydrogens (tertiary/aromatic N) is 5. The molecule has 4 heterocycles. The minimum Gasteiger partial charge on any atom is -0.391 e. The second-order valence-corrected chi connectivity index (χ2v) is 9.94. The van der Waals surface area contributed by atoms with Gasteiger partial charge in [-0.15, -0.1) is 0 Å². The Morgan fingerprint density at radius 3 is 2.69 bits per heavy atom. The summed E-state index contributed by atoms with van der Waals surface area (Å²) < 4.78 is 14.3. The lowest BCUT2D eigenvalue weighted by atomic mass is 9.91. The third-order valence-corrected chi connectivity index (χ3v) is 7.05. The Kier molecular flexibility index (Phi) is 7.06. The molecule has 0 aliphatic carbocycles. The number of H-pyrrole nitrogens is 1. The van der Waals surface area contributed by atoms with E-state index in [4.69, 9.17) is 16.6 Å². The van der Waals surface area contributed by atoms with Crippen molar-refractivity contribution < 1.29 is 14.3 Å². The van der Waals surface area contributed by atoms with Gasteiger partial charge in [-0.25, -0.2) is 9.37 Å². The van der Waals surface area contributed by atoms with E-state index in [0.717, 1.165) is 30.7 Å². The lowest BCUT2D eigenvalue weighted by Crippen LogP contribution is -2.39. The van der Waals surface area contributed by atoms with Gasteiger partial charge in [0.15, 0.2) is 11.6 Å². The summed E-state index contributed by atoms with van der Waals surface area (Å²) in [6, 6.07) is 8.33. The van der Waals surface area contributed by atoms with Crippen molar-refractivity contribution in [3.8, 4) is 0 Å². The number of hydrogen-bond donors (Lipinski definition) is 3. The van der Waals surface area contributed by atoms with Crippen molar-refractivity contribution >= 4 is 35.1 Å². The van der Waals surface area contributed by atoms with Crippen LogP contribution in [0.4, 0.5) is 22.0 Å². The number of β-amino-alcohol motifs (C(OH)–C–C–N with tert-alkyl or cyclic N) is 1. The highest BCUT2D eigenvalue weighted by molar-refractivity contribution is 6.31. The van der Waals surface area contributed by atoms with Crippen molar-refractivity contribution in [2.45, 2.75) is 38.7 Å². The molecule has 2 aromatic heterocycles. The first-order valence-corrected chi connectivity index (χ1v) is 12.6. The first kappa shape index (κ1) is 24.5. The van der Waals surface area contributed by atoms with Crippen molar-refractivity contribution in [1.82, 2.24) is 25.1 Å². The maximum atomic E-state index is 14.3. The van der Waals surface area contributed by atoms with Gasteiger partial charge in [0.25, 0.3) is 5.91 Å². The summed E-state index contributed by atoms with van der Waals surface area (Å²) in [5, 5.41) is 20.3. The molecule has 11 heteroatoms. The molecule has 2 aliphatic rings. The van der Waals surface area contributed by atoms with Gasteiger partial charge in [-0.3, -0.25) is 9.89 Å². The number of carbonyl (C=O) groups is 1. The van der Waals surface area contributed by atoms with E-state index in [1.807, 2.05) is 24.0 Å². The van der Waals surface area contributed by atoms with Crippen LogP contribution in [0.5, 0.6) is 0 Å². The molecule has 0 saturated carbocycles. The van der Waals surface area contributed by atoms with E-state index in [1.54, 1.807) is 11.0 Å². The van der Waals surface area contributed by atoms with Crippen molar-refractivity contribution in [2.24, 2.45) is 5.92 Å². The Morgan fingerprint density at radius 2 is 2.00 bits per heavy atom. The molecular weight excluding hydrogens is 485 g/mol. The summed E-state index contributed by atoms with van der Waals surface area (Å²) in [6.45, 7) is 4.22. The number of aromatic amines is 1. The average Bonchev–Trinajstić information content (AvgIpc) is 3.48. The molecule has 1 unspecified atom stereocenters. The fraction of sp³-hybridized carbons (Fsp3) is 0.440. The molecule has 1 amide bonds. The second kappa shape index (κ2) is 10.4. The van der Waals surface area contributed by atoms with Gasteiger partial charge in [-0.1, -0.05) is 17.7 Å². The van der Waals surface area contributed by atoms with Crippen LogP contribution in [0.1, 0.15) is 41.0 Å². The third kappa shape index (κ3) is 5.44. The zero-order valence-electron chi connectivity index (χ0n) is 20.0. The molecule has 2 aliphatic heterocycles. The number of piperidine rings is 1. The molecule has 5 rings (SSSR count). The minimum absolute atomic E-state index is 0.0125. The van der Waals surface area contributed by atoms with Crippen molar-refractivity contribution in [1.29, 1.82) is 0 Å². The van der Waals surface area contributed by atoms with Crippen LogP contribution in [0, 0.1) is 18.7 Å². The van der Waals surface area contributed by atoms with Crippen molar-refractivity contribution in [2.75, 3.05) is 36.4 Å². The van der Waals surface area contributed by atoms with Crippen molar-refractivity contribution in [3.05, 3.63) is 58.1 Å². The maximum absolute atomic E-state index is 14.3. The van der Waals surface area contributed by atoms with E-state index in [0.29, 0.717) is 56.1 Å². The van der Waals surface area contributed by atoms with Crippen molar-refractivity contribution in [3.63, 3.8) is 0 Å². The molecule has 1 aromatic carbocycles. The predicted octanol–water partition coefficient (Wildman–Crippen LogP) is 3.71. The largest absolute Gasteiger partial charge is 0.391 e. The Morgan fingerprint density at radius 1 is 1.19 bits per heavy atom. The molecule has 190 valence electrons. The molecular formula is C25H29ClFN7O2. The summed E-state index contributed by atoms with van der Waals surface area (Å²) in [5.41, 5.74) is 1.84. The number of aliphatic hydroxyl groups is 1. The van der Waals surface area contributed by atoms with Gasteiger partial charge < -0.3 is 20.2 Å². The summed E-state index contributed by atoms with van der Waals surface area (Å²) >= 11 is 5.86. The fourth-order valence-electron chi connectivity index (χ4n) is 4.81. The lowest BCUT2D eigenvalue weighted by molar-refractivity contribution is 0.0685. The zero-order chi connectivity index (χ0) is 25.2. The van der Waals surface area contributed by atoms with Gasteiger partial charge in [0.05, 0.1) is 16.7 Å². The summed E-state index contributed by atoms with van der Waals surface area (Å²) in [4.78, 5) is 26.0. The monoisotopic (exact) mass is 513 g/mol. The Balaban J connectivity index is 1.28. The van der Waals surface area contributed by atoms with Crippen LogP contribution in [-0.4, -0.2) is 68.4 Å². The minimum atomic E-state index is -0.668. The van der Waals surface area contributed by atoms with E-state index in [-0.39, 0.29) is 22.6 Å². The number of rotatable bonds is 6. The number of hydrogen-bond acceptors (Lipinski definition) is 7. The Labute approximate surface area is 213 Å². The highest BCUT2D eigenvalue weighted by Crippen LogP contribution is 2.27. The number of benzene rings is 1. The number of halogens is 2. The zero-order valence-corrected chi connectivity index (χ0v) is 20.8. The molecule has 0 spiro atoms. The van der Waals surface area contributed by atoms with E-state index >= 15 is 0 Å². The number of aromatic nitrogens is 4. The topological polar surface area (TPSA) is 110 Å². The van der Waals surface area contributed by atoms with Crippen LogP contribution >= 0.6 is 11.6 Å². The predicted molar refractivity (Wildman–Crippen MR) is 135 cm³/mol. The SMILES string of the molecule is Cc1cc(Nc2cc(CC3CCN(C(=O)c4cccc(Cl)c4F)CC3)nc(N3CCC(O)C3)n2)n[nH]1. The van der Waals surface area contributed by atoms with Gasteiger partial charge >= 0.3 is 0 Å². The Bertz CT molecular complexity index is 1240. The molecule has 3 aromatic rings. The number of amides is 1. The highest BCUT2D eigenvalue weighted by Gasteiger charge is 2.27. The van der Waals surface area contributed by atoms with Crippen LogP contribution in [0.25, 0.3) is 0 Å². The Hall–Kier alpha value is -3.24. The quantitative estimate of drug-likeness (QED) is 0.461. The number of nitrogens with one attached hydrogen (secondary N) is 2. The van der Waals surface area contributed by atoms with E-state index in [2.05, 4.69) is 20.5 Å². The molecule has 3 N–H and O–H groups in total. The molecule has 0 radical (unpaired) electrons. The smallest absolute Gasteiger partial charge is 0.256 e. The van der Waals surface area contributed by atoms with Crippen LogP contribution in [0.3, 0.4) is 0 Å². The fourth-order valence-corrected chi connectivity index (χ4v) is 4.98. The van der Waals surface area contributed by atoms with E-state index < -0.39 is 5.82 Å². The third-order valence-electron chi connectivity index (χ3n) is 6.76. The van der Waals surface area contributed by atoms with Crippen LogP contribution < -0.4 is 10.2 Å². The second-order valence-electron chi connectivity index (χ2n) is 9.54. The number of carbonyl (C=O) groups excluding carboxylic acids is 1. The standard InChI is InChI=1S/C25H29ClFN7O2/c1-15-11-22(32-31-15)29-21-13-17(28-25(30-21)34-10-7-18(35)14-34)12-16-5-8-33(9-6-16)24(36)19-3-2-4-20(26)23(19)27/h2-4,11,13,16,18,35H,5-10,12,14H2,1H3,(H2,28,29,30,31,32). The first-order valence-electron chi connectivity index (χ1n) is 12.2.